The molecule has 0 amide bonds. The summed E-state index contributed by atoms with van der Waals surface area (Å²) in [6.07, 6.45) is -5.11. The minimum atomic E-state index is -6.49. The van der Waals surface area contributed by atoms with E-state index in [2.05, 4.69) is 0 Å². The lowest BCUT2D eigenvalue weighted by molar-refractivity contribution is -0.468. The Morgan fingerprint density at radius 3 is 1.56 bits per heavy atom. The van der Waals surface area contributed by atoms with Gasteiger partial charge in [-0.3, -0.25) is 0 Å². The zero-order chi connectivity index (χ0) is 15.0. The molecule has 0 rings (SSSR count). The molecule has 0 fully saturated rings. The van der Waals surface area contributed by atoms with E-state index in [1.165, 1.54) is 0 Å². The highest BCUT2D eigenvalue weighted by atomic mass is 19.3. The van der Waals surface area contributed by atoms with Crippen LogP contribution in [0.2, 0.25) is 0 Å². The lowest BCUT2D eigenvalue weighted by atomic mass is 9.96. The third kappa shape index (κ3) is 2.54. The minimum Gasteiger partial charge on any atom is -0.339 e. The zero-order valence-corrected chi connectivity index (χ0v) is 8.98. The van der Waals surface area contributed by atoms with Crippen LogP contribution in [0.4, 0.5) is 30.7 Å². The first-order valence-corrected chi connectivity index (χ1v) is 4.68. The number of aliphatic hydroxyl groups is 3. The van der Waals surface area contributed by atoms with Gasteiger partial charge in [-0.05, 0) is 6.42 Å². The van der Waals surface area contributed by atoms with E-state index in [1.54, 1.807) is 0 Å². The number of hydrogen-bond acceptors (Lipinski definition) is 3. The van der Waals surface area contributed by atoms with Gasteiger partial charge in [0.2, 0.25) is 0 Å². The van der Waals surface area contributed by atoms with E-state index in [4.69, 9.17) is 15.3 Å². The molecule has 3 N–H and O–H groups in total. The lowest BCUT2D eigenvalue weighted by Crippen LogP contribution is -2.67. The van der Waals surface area contributed by atoms with E-state index >= 15 is 0 Å². The smallest absolute Gasteiger partial charge is 0.339 e. The van der Waals surface area contributed by atoms with Crippen molar-refractivity contribution in [1.29, 1.82) is 0 Å². The maximum atomic E-state index is 12.9. The third-order valence-electron chi connectivity index (χ3n) is 2.17. The van der Waals surface area contributed by atoms with Crippen molar-refractivity contribution in [2.45, 2.75) is 49.7 Å². The van der Waals surface area contributed by atoms with Crippen molar-refractivity contribution in [3.05, 3.63) is 0 Å². The maximum absolute atomic E-state index is 12.9. The summed E-state index contributed by atoms with van der Waals surface area (Å²) in [7, 11) is 0. The van der Waals surface area contributed by atoms with Gasteiger partial charge in [0, 0.05) is 0 Å². The number of halogens is 7. The first kappa shape index (κ1) is 17.4. The molecular formula is C8H11F7O3. The summed E-state index contributed by atoms with van der Waals surface area (Å²) in [4.78, 5) is 0. The summed E-state index contributed by atoms with van der Waals surface area (Å²) < 4.78 is 89.5. The maximum Gasteiger partial charge on any atom is 0.395 e. The molecule has 0 spiro atoms. The Morgan fingerprint density at radius 1 is 0.889 bits per heavy atom. The second-order valence-electron chi connectivity index (χ2n) is 3.66. The van der Waals surface area contributed by atoms with Gasteiger partial charge < -0.3 is 15.3 Å². The number of alkyl halides is 7. The number of rotatable bonds is 6. The van der Waals surface area contributed by atoms with E-state index in [1.807, 2.05) is 0 Å². The van der Waals surface area contributed by atoms with Crippen molar-refractivity contribution in [3.63, 3.8) is 0 Å². The van der Waals surface area contributed by atoms with Crippen LogP contribution < -0.4 is 0 Å². The summed E-state index contributed by atoms with van der Waals surface area (Å²) in [5.41, 5.74) is 0. The highest BCUT2D eigenvalue weighted by Gasteiger charge is 2.80. The summed E-state index contributed by atoms with van der Waals surface area (Å²) in [5, 5.41) is 23.9. The van der Waals surface area contributed by atoms with Gasteiger partial charge in [0.25, 0.3) is 0 Å². The van der Waals surface area contributed by atoms with Gasteiger partial charge in [0.1, 0.15) is 0 Å². The summed E-state index contributed by atoms with van der Waals surface area (Å²) >= 11 is 0. The second kappa shape index (κ2) is 4.82. The summed E-state index contributed by atoms with van der Waals surface area (Å²) in [5.74, 6) is -24.1. The van der Waals surface area contributed by atoms with E-state index in [9.17, 15) is 30.7 Å². The Balaban J connectivity index is 5.49. The molecule has 0 aromatic carbocycles. The van der Waals surface area contributed by atoms with Gasteiger partial charge in [-0.25, -0.2) is 4.39 Å². The van der Waals surface area contributed by atoms with Gasteiger partial charge in [-0.15, -0.1) is 0 Å². The highest BCUT2D eigenvalue weighted by molar-refractivity contribution is 5.02. The fraction of sp³-hybridized carbons (Fsp3) is 1.00. The van der Waals surface area contributed by atoms with Crippen LogP contribution in [0.25, 0.3) is 0 Å². The zero-order valence-electron chi connectivity index (χ0n) is 8.98. The molecular weight excluding hydrogens is 277 g/mol. The molecule has 0 bridgehead atoms. The average molecular weight is 288 g/mol. The van der Waals surface area contributed by atoms with E-state index in [0.717, 1.165) is 6.92 Å². The minimum absolute atomic E-state index is 0.332. The SMILES string of the molecule is CCCC(F)C(F)(F)C(F)(F)C(F)(F)C(O)(O)O. The van der Waals surface area contributed by atoms with Crippen LogP contribution in [0.3, 0.4) is 0 Å². The monoisotopic (exact) mass is 288 g/mol. The van der Waals surface area contributed by atoms with Crippen molar-refractivity contribution in [2.24, 2.45) is 0 Å². The van der Waals surface area contributed by atoms with Gasteiger partial charge in [-0.1, -0.05) is 13.3 Å². The molecule has 0 aliphatic heterocycles. The molecule has 0 aliphatic rings. The molecule has 3 nitrogen and oxygen atoms in total. The topological polar surface area (TPSA) is 60.7 Å². The van der Waals surface area contributed by atoms with Crippen molar-refractivity contribution in [1.82, 2.24) is 0 Å². The lowest BCUT2D eigenvalue weighted by Gasteiger charge is -2.37. The predicted molar refractivity (Wildman–Crippen MR) is 44.0 cm³/mol. The Morgan fingerprint density at radius 2 is 1.28 bits per heavy atom. The third-order valence-corrected chi connectivity index (χ3v) is 2.17. The van der Waals surface area contributed by atoms with Crippen molar-refractivity contribution < 1.29 is 46.1 Å². The van der Waals surface area contributed by atoms with Gasteiger partial charge >= 0.3 is 23.7 Å². The Bertz CT molecular complexity index is 287. The summed E-state index contributed by atoms with van der Waals surface area (Å²) in [6.45, 7) is 1.15. The van der Waals surface area contributed by atoms with Crippen LogP contribution in [-0.4, -0.2) is 45.2 Å². The Kier molecular flexibility index (Phi) is 4.65. The van der Waals surface area contributed by atoms with Crippen LogP contribution in [-0.2, 0) is 0 Å². The van der Waals surface area contributed by atoms with E-state index < -0.39 is 36.3 Å². The molecule has 18 heavy (non-hydrogen) atoms. The molecule has 0 aliphatic carbocycles. The molecule has 1 unspecified atom stereocenters. The Hall–Kier alpha value is -0.610. The predicted octanol–water partition coefficient (Wildman–Crippen LogP) is 1.66. The second-order valence-corrected chi connectivity index (χ2v) is 3.66. The van der Waals surface area contributed by atoms with Crippen LogP contribution in [0.5, 0.6) is 0 Å². The van der Waals surface area contributed by atoms with Crippen molar-refractivity contribution in [3.8, 4) is 0 Å². The first-order chi connectivity index (χ1) is 7.73. The standard InChI is InChI=1S/C8H11F7O3/c1-2-3-4(9)5(10,11)6(12,13)7(14,15)8(16,17)18/h4,16-18H,2-3H2,1H3. The van der Waals surface area contributed by atoms with E-state index in [-0.39, 0.29) is 6.42 Å². The molecule has 110 valence electrons. The molecule has 0 aromatic rings. The van der Waals surface area contributed by atoms with Gasteiger partial charge in [0.15, 0.2) is 6.17 Å². The Labute approximate surface area is 96.8 Å². The van der Waals surface area contributed by atoms with E-state index in [0.29, 0.717) is 0 Å². The molecule has 10 heteroatoms. The normalized spacial score (nSPS) is 16.8. The van der Waals surface area contributed by atoms with Gasteiger partial charge in [0.05, 0.1) is 0 Å². The van der Waals surface area contributed by atoms with Crippen LogP contribution in [0, 0.1) is 0 Å². The fourth-order valence-corrected chi connectivity index (χ4v) is 1.05. The highest BCUT2D eigenvalue weighted by Crippen LogP contribution is 2.51. The van der Waals surface area contributed by atoms with Gasteiger partial charge in [-0.2, -0.15) is 26.3 Å². The quantitative estimate of drug-likeness (QED) is 0.514. The fourth-order valence-electron chi connectivity index (χ4n) is 1.05. The largest absolute Gasteiger partial charge is 0.395 e. The molecule has 1 atom stereocenters. The molecule has 0 heterocycles. The number of hydrogen-bond donors (Lipinski definition) is 3. The summed E-state index contributed by atoms with van der Waals surface area (Å²) in [6, 6.07) is 0. The first-order valence-electron chi connectivity index (χ1n) is 4.68. The average Bonchev–Trinajstić information content (AvgIpc) is 2.15. The molecule has 0 radical (unpaired) electrons. The van der Waals surface area contributed by atoms with Crippen LogP contribution >= 0.6 is 0 Å². The molecule has 0 aromatic heterocycles. The van der Waals surface area contributed by atoms with Crippen molar-refractivity contribution >= 4 is 0 Å². The molecule has 0 saturated carbocycles. The molecule has 0 saturated heterocycles. The van der Waals surface area contributed by atoms with Crippen LogP contribution in [0.15, 0.2) is 0 Å². The van der Waals surface area contributed by atoms with Crippen molar-refractivity contribution in [2.75, 3.05) is 0 Å². The van der Waals surface area contributed by atoms with Crippen LogP contribution in [0.1, 0.15) is 19.8 Å².